The Morgan fingerprint density at radius 3 is 2.59 bits per heavy atom. The average molecular weight is 394 g/mol. The molecule has 1 aromatic rings. The van der Waals surface area contributed by atoms with Gasteiger partial charge in [0.25, 0.3) is 5.91 Å². The number of hydrogen-bond donors (Lipinski definition) is 2. The van der Waals surface area contributed by atoms with E-state index >= 15 is 0 Å². The zero-order valence-corrected chi connectivity index (χ0v) is 17.0. The normalized spacial score (nSPS) is 20.0. The van der Waals surface area contributed by atoms with E-state index in [1.54, 1.807) is 0 Å². The first kappa shape index (κ1) is 21.7. The third kappa shape index (κ3) is 5.94. The molecular weight excluding hydrogens is 362 g/mol. The summed E-state index contributed by atoms with van der Waals surface area (Å²) in [5.74, 6) is 0.598. The average Bonchev–Trinajstić information content (AvgIpc) is 3.20. The largest absolute Gasteiger partial charge is 0.339 e. The summed E-state index contributed by atoms with van der Waals surface area (Å²) in [6.45, 7) is 2.06. The Morgan fingerprint density at radius 1 is 1.15 bits per heavy atom. The molecule has 6 heteroatoms. The van der Waals surface area contributed by atoms with Crippen LogP contribution in [0.1, 0.15) is 61.7 Å². The van der Waals surface area contributed by atoms with E-state index in [9.17, 15) is 9.59 Å². The summed E-state index contributed by atoms with van der Waals surface area (Å²) in [5.41, 5.74) is 1.23. The Kier molecular flexibility index (Phi) is 8.58. The van der Waals surface area contributed by atoms with Crippen molar-refractivity contribution in [2.24, 2.45) is 5.92 Å². The quantitative estimate of drug-likeness (QED) is 0.771. The number of rotatable bonds is 6. The van der Waals surface area contributed by atoms with Crippen molar-refractivity contribution in [3.05, 3.63) is 29.8 Å². The minimum Gasteiger partial charge on any atom is -0.339 e. The second-order valence-corrected chi connectivity index (χ2v) is 7.70. The molecule has 1 saturated carbocycles. The maximum atomic E-state index is 13.0. The first-order valence-corrected chi connectivity index (χ1v) is 10.0. The summed E-state index contributed by atoms with van der Waals surface area (Å²) in [4.78, 5) is 27.2. The smallest absolute Gasteiger partial charge is 0.255 e. The highest BCUT2D eigenvalue weighted by Gasteiger charge is 2.25. The highest BCUT2D eigenvalue weighted by molar-refractivity contribution is 6.03. The van der Waals surface area contributed by atoms with Gasteiger partial charge in [0.05, 0.1) is 11.3 Å². The Balaban J connectivity index is 0.00000261. The number of halogens is 1. The summed E-state index contributed by atoms with van der Waals surface area (Å²) in [5, 5.41) is 6.30. The van der Waals surface area contributed by atoms with Gasteiger partial charge in [0, 0.05) is 19.5 Å². The van der Waals surface area contributed by atoms with Crippen LogP contribution in [-0.2, 0) is 4.79 Å². The molecule has 150 valence electrons. The highest BCUT2D eigenvalue weighted by Crippen LogP contribution is 2.25. The van der Waals surface area contributed by atoms with Gasteiger partial charge < -0.3 is 15.5 Å². The molecule has 0 aromatic heterocycles. The Hall–Kier alpha value is -1.59. The Labute approximate surface area is 168 Å². The zero-order valence-electron chi connectivity index (χ0n) is 16.2. The van der Waals surface area contributed by atoms with E-state index in [1.165, 1.54) is 19.3 Å². The second kappa shape index (κ2) is 10.7. The lowest BCUT2D eigenvalue weighted by atomic mass is 9.94. The van der Waals surface area contributed by atoms with Gasteiger partial charge in [0.1, 0.15) is 0 Å². The molecule has 0 spiro atoms. The molecular formula is C21H32ClN3O2. The van der Waals surface area contributed by atoms with Crippen LogP contribution in [0, 0.1) is 5.92 Å². The van der Waals surface area contributed by atoms with Crippen LogP contribution in [0.2, 0.25) is 0 Å². The molecule has 1 unspecified atom stereocenters. The van der Waals surface area contributed by atoms with Crippen LogP contribution in [0.5, 0.6) is 0 Å². The number of hydrogen-bond acceptors (Lipinski definition) is 3. The van der Waals surface area contributed by atoms with Crippen molar-refractivity contribution in [3.8, 4) is 0 Å². The third-order valence-electron chi connectivity index (χ3n) is 5.82. The summed E-state index contributed by atoms with van der Waals surface area (Å²) in [7, 11) is 1.89. The third-order valence-corrected chi connectivity index (χ3v) is 5.82. The predicted octanol–water partition coefficient (Wildman–Crippen LogP) is 3.84. The summed E-state index contributed by atoms with van der Waals surface area (Å²) in [6, 6.07) is 7.69. The number of carbonyl (C=O) groups is 2. The second-order valence-electron chi connectivity index (χ2n) is 7.70. The highest BCUT2D eigenvalue weighted by atomic mass is 35.5. The molecule has 27 heavy (non-hydrogen) atoms. The topological polar surface area (TPSA) is 61.4 Å². The van der Waals surface area contributed by atoms with Crippen molar-refractivity contribution < 1.29 is 9.59 Å². The van der Waals surface area contributed by atoms with Crippen LogP contribution >= 0.6 is 12.4 Å². The molecule has 1 aromatic carbocycles. The van der Waals surface area contributed by atoms with Gasteiger partial charge in [-0.1, -0.05) is 31.4 Å². The molecule has 1 aliphatic heterocycles. The minimum absolute atomic E-state index is 0. The Morgan fingerprint density at radius 2 is 1.89 bits per heavy atom. The molecule has 2 aliphatic rings. The number of carbonyl (C=O) groups excluding carboxylic acids is 2. The van der Waals surface area contributed by atoms with Crippen molar-refractivity contribution >= 4 is 29.9 Å². The number of nitrogens with zero attached hydrogens (tertiary/aromatic N) is 1. The van der Waals surface area contributed by atoms with E-state index in [4.69, 9.17) is 0 Å². The lowest BCUT2D eigenvalue weighted by Gasteiger charge is -2.31. The van der Waals surface area contributed by atoms with Crippen LogP contribution in [-0.4, -0.2) is 42.9 Å². The zero-order chi connectivity index (χ0) is 18.4. The summed E-state index contributed by atoms with van der Waals surface area (Å²) < 4.78 is 0. The number of benzene rings is 1. The first-order chi connectivity index (χ1) is 12.6. The van der Waals surface area contributed by atoms with Gasteiger partial charge in [-0.3, -0.25) is 9.59 Å². The van der Waals surface area contributed by atoms with E-state index in [-0.39, 0.29) is 24.2 Å². The number of para-hydroxylation sites is 1. The fourth-order valence-electron chi connectivity index (χ4n) is 4.11. The maximum Gasteiger partial charge on any atom is 0.255 e. The van der Waals surface area contributed by atoms with E-state index in [0.29, 0.717) is 29.6 Å². The summed E-state index contributed by atoms with van der Waals surface area (Å²) in [6.07, 6.45) is 8.35. The standard InChI is InChI=1S/C21H31N3O2.ClH/c1-24(17-7-3-2-4-8-17)21(26)18-9-5-6-10-19(18)23-20(25)12-11-16-13-14-22-15-16;/h5-6,9-10,16-17,22H,2-4,7-8,11-15H2,1H3,(H,23,25);1H. The molecule has 5 nitrogen and oxygen atoms in total. The molecule has 2 N–H and O–H groups in total. The van der Waals surface area contributed by atoms with Crippen molar-refractivity contribution in [2.75, 3.05) is 25.5 Å². The fraction of sp³-hybridized carbons (Fsp3) is 0.619. The van der Waals surface area contributed by atoms with Gasteiger partial charge in [0.2, 0.25) is 5.91 Å². The van der Waals surface area contributed by atoms with Gasteiger partial charge in [-0.2, -0.15) is 0 Å². The molecule has 3 rings (SSSR count). The van der Waals surface area contributed by atoms with E-state index < -0.39 is 0 Å². The van der Waals surface area contributed by atoms with E-state index in [1.807, 2.05) is 36.2 Å². The monoisotopic (exact) mass is 393 g/mol. The molecule has 1 heterocycles. The minimum atomic E-state index is -0.00234. The molecule has 1 saturated heterocycles. The lowest BCUT2D eigenvalue weighted by molar-refractivity contribution is -0.116. The van der Waals surface area contributed by atoms with Crippen LogP contribution in [0.25, 0.3) is 0 Å². The maximum absolute atomic E-state index is 13.0. The SMILES string of the molecule is CN(C(=O)c1ccccc1NC(=O)CCC1CCNC1)C1CCCCC1.Cl. The molecule has 2 amide bonds. The van der Waals surface area contributed by atoms with Crippen molar-refractivity contribution in [2.45, 2.75) is 57.4 Å². The fourth-order valence-corrected chi connectivity index (χ4v) is 4.11. The molecule has 2 fully saturated rings. The number of anilines is 1. The van der Waals surface area contributed by atoms with Crippen LogP contribution in [0.15, 0.2) is 24.3 Å². The van der Waals surface area contributed by atoms with Gasteiger partial charge in [0.15, 0.2) is 0 Å². The first-order valence-electron chi connectivity index (χ1n) is 10.0. The van der Waals surface area contributed by atoms with Crippen LogP contribution in [0.4, 0.5) is 5.69 Å². The van der Waals surface area contributed by atoms with Crippen molar-refractivity contribution in [3.63, 3.8) is 0 Å². The molecule has 1 atom stereocenters. The van der Waals surface area contributed by atoms with Gasteiger partial charge in [-0.05, 0) is 56.8 Å². The van der Waals surface area contributed by atoms with E-state index in [0.717, 1.165) is 38.8 Å². The summed E-state index contributed by atoms with van der Waals surface area (Å²) >= 11 is 0. The molecule has 1 aliphatic carbocycles. The Bertz CT molecular complexity index is 626. The predicted molar refractivity (Wildman–Crippen MR) is 111 cm³/mol. The van der Waals surface area contributed by atoms with Crippen LogP contribution < -0.4 is 10.6 Å². The van der Waals surface area contributed by atoms with Gasteiger partial charge in [-0.25, -0.2) is 0 Å². The molecule has 0 bridgehead atoms. The van der Waals surface area contributed by atoms with Crippen LogP contribution in [0.3, 0.4) is 0 Å². The van der Waals surface area contributed by atoms with Gasteiger partial charge >= 0.3 is 0 Å². The van der Waals surface area contributed by atoms with Crippen molar-refractivity contribution in [1.82, 2.24) is 10.2 Å². The van der Waals surface area contributed by atoms with Crippen molar-refractivity contribution in [1.29, 1.82) is 0 Å². The van der Waals surface area contributed by atoms with E-state index in [2.05, 4.69) is 10.6 Å². The lowest BCUT2D eigenvalue weighted by Crippen LogP contribution is -2.38. The van der Waals surface area contributed by atoms with Gasteiger partial charge in [-0.15, -0.1) is 12.4 Å². The number of nitrogens with one attached hydrogen (secondary N) is 2. The number of amides is 2. The molecule has 0 radical (unpaired) electrons.